The van der Waals surface area contributed by atoms with Gasteiger partial charge in [-0.2, -0.15) is 73.2 Å². The number of thioether (sulfide) groups is 3. The maximum absolute atomic E-state index is 11.5. The van der Waals surface area contributed by atoms with Gasteiger partial charge in [-0.1, -0.05) is 53.5 Å². The summed E-state index contributed by atoms with van der Waals surface area (Å²) in [5, 5.41) is 49.0. The van der Waals surface area contributed by atoms with Crippen LogP contribution in [0, 0.1) is 10.8 Å². The van der Waals surface area contributed by atoms with E-state index in [-0.39, 0.29) is 154 Å². The number of ketones is 4. The molecule has 0 aliphatic rings. The van der Waals surface area contributed by atoms with Crippen LogP contribution in [-0.2, 0) is 45.8 Å². The van der Waals surface area contributed by atoms with E-state index in [1.165, 1.54) is 23.4 Å². The van der Waals surface area contributed by atoms with Crippen LogP contribution in [0.15, 0.2) is 80.9 Å². The quantitative estimate of drug-likeness (QED) is 0.00759. The summed E-state index contributed by atoms with van der Waals surface area (Å²) in [6, 6.07) is 7.87. The number of quaternary nitrogens is 2. The van der Waals surface area contributed by atoms with E-state index in [9.17, 15) is 45.1 Å². The molecule has 2 aromatic heterocycles. The number of aliphatic hydroxyl groups excluding tert-OH is 6. The van der Waals surface area contributed by atoms with E-state index in [2.05, 4.69) is 110 Å². The standard InChI is InChI=1S/C12H26NO2S.C10H20NO.C10H20O5S2.C9H13NOS.C8H14O4S.C7H7N.3C2H6OS.2ClH.2Na/c1-13(2,3)8-5-4-6-12(15)7-10-16-11-9-14;1-5-10(12)8-6-7-9-11(2,3)4;1-10(2,8-17(13,14)15)7-9(12)3-5-16-6-4-11;11-6-8-12-7-3-9-1-4-10-5-2-9;1-4-7(9)5-8(2,3)6-13(10,11)12;1-2-7-3-5-8-6-4-7;3*3-1-2-4;;;;/h14H,4-11H2,1-3H3;5H,1,6-9H2,2-4H3;11H,3-8H2,1-2H3,(H,13,14,15);1-2,4-5,11H,3,6-8H2;4H,1,5-6H2,2-3H3,(H,10,11,12);2-6H,1H2;3*3-4H,1-2H2;2*1H;;/q2*+1;;;;;;;;;;2*+1/p-4. The van der Waals surface area contributed by atoms with E-state index in [1.807, 2.05) is 36.7 Å². The minimum absolute atomic E-state index is 0. The number of halogens is 2. The van der Waals surface area contributed by atoms with Crippen LogP contribution >= 0.6 is 73.2 Å². The van der Waals surface area contributed by atoms with E-state index in [0.29, 0.717) is 53.8 Å². The molecule has 2 aromatic rings. The number of unbranched alkanes of at least 4 members (excludes halogenated alkanes) is 2. The zero-order valence-electron chi connectivity index (χ0n) is 58.4. The number of Topliss-reactive ketones (excluding diaryl/α,β-unsaturated/α-hetero) is 2. The van der Waals surface area contributed by atoms with E-state index >= 15 is 0 Å². The van der Waals surface area contributed by atoms with E-state index in [4.69, 9.17) is 30.6 Å². The summed E-state index contributed by atoms with van der Waals surface area (Å²) in [5.74, 6) is 5.60. The van der Waals surface area contributed by atoms with Crippen molar-refractivity contribution in [1.82, 2.24) is 9.97 Å². The van der Waals surface area contributed by atoms with Gasteiger partial charge in [0.1, 0.15) is 11.6 Å². The van der Waals surface area contributed by atoms with Crippen LogP contribution in [-0.4, -0.2) is 257 Å². The van der Waals surface area contributed by atoms with Crippen molar-refractivity contribution in [3.8, 4) is 0 Å². The Bertz CT molecular complexity index is 2270. The number of allylic oxidation sites excluding steroid dienone is 2. The number of carbonyl (C=O) groups is 4. The number of thiol groups is 3. The SMILES string of the molecule is C=CC(=O)CC(C)(C)CS(=O)(=O)[O-].C=CC(=O)CCCC[N+](C)(C)C.C=Cc1ccncc1.CC(C)(CC(=O)CCSCCO)CS(=O)(=O)[O-].C[N+](C)(C)CCCCC(=O)CCSCCO.OCCS.OCCS.OCCS.OCCSCCc1ccncc1.[Cl-].[Cl-].[Na+].[Na+]. The van der Waals surface area contributed by atoms with Crippen LogP contribution in [0.25, 0.3) is 6.08 Å². The van der Waals surface area contributed by atoms with Gasteiger partial charge in [-0.05, 0) is 96.2 Å². The normalized spacial score (nSPS) is 10.4. The fraction of sp³-hybridized carbons (Fsp3) is 0.677. The molecule has 544 valence electrons. The Balaban J connectivity index is -0.0000000942. The number of aromatic nitrogens is 2. The number of nitrogens with zero attached hydrogens (tertiary/aromatic N) is 4. The topological polar surface area (TPSA) is 330 Å². The molecule has 0 saturated heterocycles. The number of carbonyl (C=O) groups excluding carboxylic acids is 4. The number of aryl methyl sites for hydroxylation is 1. The summed E-state index contributed by atoms with van der Waals surface area (Å²) in [4.78, 5) is 52.5. The second kappa shape index (κ2) is 79.1. The van der Waals surface area contributed by atoms with Crippen molar-refractivity contribution in [2.45, 2.75) is 98.3 Å². The Kier molecular flexibility index (Phi) is 99.6. The molecule has 6 N–H and O–H groups in total. The summed E-state index contributed by atoms with van der Waals surface area (Å²) in [6.07, 6.45) is 19.2. The third kappa shape index (κ3) is 116. The molecule has 0 aromatic carbocycles. The summed E-state index contributed by atoms with van der Waals surface area (Å²) in [5.41, 5.74) is 0.806. The molecule has 2 heterocycles. The van der Waals surface area contributed by atoms with Gasteiger partial charge in [0.15, 0.2) is 11.6 Å². The van der Waals surface area contributed by atoms with Crippen molar-refractivity contribution in [3.05, 3.63) is 92.1 Å². The molecule has 0 bridgehead atoms. The number of pyridine rings is 2. The monoisotopic (exact) mass is 1540 g/mol. The summed E-state index contributed by atoms with van der Waals surface area (Å²) >= 11 is 15.9. The van der Waals surface area contributed by atoms with Gasteiger partial charge in [-0.15, -0.1) is 0 Å². The number of hydrogen-bond acceptors (Lipinski definition) is 24. The first kappa shape index (κ1) is 118. The predicted octanol–water partition coefficient (Wildman–Crippen LogP) is -4.68. The Morgan fingerprint density at radius 1 is 0.511 bits per heavy atom. The van der Waals surface area contributed by atoms with Gasteiger partial charge in [0.05, 0.1) is 115 Å². The van der Waals surface area contributed by atoms with Crippen LogP contribution in [0.1, 0.15) is 103 Å². The van der Waals surface area contributed by atoms with E-state index in [1.54, 1.807) is 69.7 Å². The second-order valence-electron chi connectivity index (χ2n) is 22.9. The third-order valence-corrected chi connectivity index (χ3v) is 16.0. The summed E-state index contributed by atoms with van der Waals surface area (Å²) in [7, 11) is 4.44. The zero-order valence-corrected chi connectivity index (χ0v) is 70.7. The van der Waals surface area contributed by atoms with Crippen molar-refractivity contribution in [3.63, 3.8) is 0 Å². The van der Waals surface area contributed by atoms with Crippen molar-refractivity contribution in [2.24, 2.45) is 10.8 Å². The Morgan fingerprint density at radius 3 is 1.15 bits per heavy atom. The second-order valence-corrected chi connectivity index (χ2v) is 30.7. The molecule has 0 amide bonds. The Morgan fingerprint density at radius 2 is 0.840 bits per heavy atom. The van der Waals surface area contributed by atoms with Crippen LogP contribution in [0.3, 0.4) is 0 Å². The van der Waals surface area contributed by atoms with Crippen LogP contribution < -0.4 is 83.9 Å². The van der Waals surface area contributed by atoms with Crippen LogP contribution in [0.5, 0.6) is 0 Å². The molecule has 0 atom stereocenters. The molecule has 0 fully saturated rings. The largest absolute Gasteiger partial charge is 1.00 e. The summed E-state index contributed by atoms with van der Waals surface area (Å²) in [6.45, 7) is 20.0. The molecule has 0 unspecified atom stereocenters. The Hall–Kier alpha value is 0.380. The number of hydrogen-bond donors (Lipinski definition) is 9. The first-order valence-electron chi connectivity index (χ1n) is 29.3. The van der Waals surface area contributed by atoms with Crippen molar-refractivity contribution >= 4 is 123 Å². The maximum atomic E-state index is 11.5. The average Bonchev–Trinajstić information content (AvgIpc) is 0.978. The third-order valence-electron chi connectivity index (χ3n) is 10.2. The zero-order chi connectivity index (χ0) is 71.0. The Labute approximate surface area is 653 Å². The molecule has 20 nitrogen and oxygen atoms in total. The number of aliphatic hydroxyl groups is 6. The van der Waals surface area contributed by atoms with Gasteiger partial charge in [0.25, 0.3) is 0 Å². The molecule has 0 aliphatic carbocycles. The molecule has 0 saturated carbocycles. The first-order valence-corrected chi connectivity index (χ1v) is 37.8. The molecule has 2 rings (SSSR count). The first-order chi connectivity index (χ1) is 41.8. The number of rotatable bonds is 39. The van der Waals surface area contributed by atoms with Gasteiger partial charge in [0, 0.05) is 121 Å². The van der Waals surface area contributed by atoms with Crippen molar-refractivity contribution in [1.29, 1.82) is 0 Å². The minimum atomic E-state index is -4.30. The predicted molar refractivity (Wildman–Crippen MR) is 387 cm³/mol. The smallest absolute Gasteiger partial charge is 1.00 e. The van der Waals surface area contributed by atoms with Crippen molar-refractivity contribution in [2.75, 3.05) is 158 Å². The van der Waals surface area contributed by atoms with Gasteiger partial charge >= 0.3 is 59.1 Å². The molecule has 0 radical (unpaired) electrons. The average molecular weight is 1550 g/mol. The fourth-order valence-corrected chi connectivity index (χ4v) is 10.6. The fourth-order valence-electron chi connectivity index (χ4n) is 6.36. The van der Waals surface area contributed by atoms with Gasteiger partial charge in [-0.3, -0.25) is 29.1 Å². The summed E-state index contributed by atoms with van der Waals surface area (Å²) < 4.78 is 65.1. The van der Waals surface area contributed by atoms with E-state index < -0.39 is 42.6 Å². The molecular weight excluding hydrogens is 1430 g/mol. The van der Waals surface area contributed by atoms with E-state index in [0.717, 1.165) is 95.2 Å². The molecule has 94 heavy (non-hydrogen) atoms. The van der Waals surface area contributed by atoms with Gasteiger partial charge in [0.2, 0.25) is 0 Å². The maximum Gasteiger partial charge on any atom is 1.00 e. The van der Waals surface area contributed by atoms with Crippen LogP contribution in [0.4, 0.5) is 0 Å². The van der Waals surface area contributed by atoms with Crippen molar-refractivity contribution < 1.29 is 169 Å². The van der Waals surface area contributed by atoms with Gasteiger partial charge in [-0.25, -0.2) is 16.8 Å². The molecule has 0 spiro atoms. The minimum Gasteiger partial charge on any atom is -1.00 e. The van der Waals surface area contributed by atoms with Crippen LogP contribution in [0.2, 0.25) is 0 Å². The molecule has 0 aliphatic heterocycles. The molecular formula is C62H116Cl2N4Na2O16S8. The van der Waals surface area contributed by atoms with Gasteiger partial charge < -0.3 is 73.5 Å². The molecule has 32 heteroatoms.